The van der Waals surface area contributed by atoms with Crippen LogP contribution in [0, 0.1) is 5.82 Å². The maximum Gasteiger partial charge on any atom is 0.255 e. The predicted octanol–water partition coefficient (Wildman–Crippen LogP) is 2.25. The molecule has 2 aromatic rings. The molecule has 112 valence electrons. The van der Waals surface area contributed by atoms with Gasteiger partial charge in [-0.2, -0.15) is 0 Å². The summed E-state index contributed by atoms with van der Waals surface area (Å²) >= 11 is 0. The molecule has 0 atom stereocenters. The number of hydrogen-bond donors (Lipinski definition) is 2. The van der Waals surface area contributed by atoms with E-state index in [-0.39, 0.29) is 17.0 Å². The molecule has 2 N–H and O–H groups in total. The molecule has 0 radical (unpaired) electrons. The van der Waals surface area contributed by atoms with Crippen molar-refractivity contribution >= 4 is 23.8 Å². The fourth-order valence-corrected chi connectivity index (χ4v) is 1.86. The van der Waals surface area contributed by atoms with Gasteiger partial charge in [0.2, 0.25) is 0 Å². The lowest BCUT2D eigenvalue weighted by Crippen LogP contribution is -2.18. The van der Waals surface area contributed by atoms with Crippen molar-refractivity contribution in [1.29, 1.82) is 0 Å². The minimum atomic E-state index is -0.662. The first-order valence-corrected chi connectivity index (χ1v) is 6.43. The molecule has 0 fully saturated rings. The highest BCUT2D eigenvalue weighted by Crippen LogP contribution is 2.13. The van der Waals surface area contributed by atoms with Gasteiger partial charge in [0, 0.05) is 29.4 Å². The Kier molecular flexibility index (Phi) is 4.63. The Morgan fingerprint density at radius 2 is 1.68 bits per heavy atom. The van der Waals surface area contributed by atoms with E-state index in [0.29, 0.717) is 17.5 Å². The number of amides is 2. The van der Waals surface area contributed by atoms with Crippen LogP contribution >= 0.6 is 0 Å². The minimum absolute atomic E-state index is 0.0393. The van der Waals surface area contributed by atoms with Crippen LogP contribution in [0.25, 0.3) is 0 Å². The molecule has 0 aromatic heterocycles. The van der Waals surface area contributed by atoms with Crippen LogP contribution < -0.4 is 10.6 Å². The van der Waals surface area contributed by atoms with Crippen molar-refractivity contribution in [3.05, 3.63) is 65.0 Å². The molecule has 0 saturated carbocycles. The molecule has 2 aromatic carbocycles. The van der Waals surface area contributed by atoms with Crippen LogP contribution in [0.15, 0.2) is 42.5 Å². The Labute approximate surface area is 126 Å². The average Bonchev–Trinajstić information content (AvgIpc) is 2.54. The first-order valence-electron chi connectivity index (χ1n) is 6.43. The first kappa shape index (κ1) is 15.4. The van der Waals surface area contributed by atoms with Gasteiger partial charge in [0.25, 0.3) is 11.8 Å². The molecule has 0 aliphatic carbocycles. The van der Waals surface area contributed by atoms with Gasteiger partial charge in [-0.1, -0.05) is 0 Å². The number of halogens is 1. The fraction of sp³-hybridized carbons (Fsp3) is 0.0625. The summed E-state index contributed by atoms with van der Waals surface area (Å²) in [5.74, 6) is -1.45. The lowest BCUT2D eigenvalue weighted by Gasteiger charge is -2.07. The Morgan fingerprint density at radius 3 is 2.27 bits per heavy atom. The number of carbonyl (C=O) groups is 3. The maximum absolute atomic E-state index is 13.3. The van der Waals surface area contributed by atoms with Crippen LogP contribution in [0.5, 0.6) is 0 Å². The van der Waals surface area contributed by atoms with Gasteiger partial charge in [-0.15, -0.1) is 0 Å². The normalized spacial score (nSPS) is 9.91. The summed E-state index contributed by atoms with van der Waals surface area (Å²) in [6.45, 7) is 0. The minimum Gasteiger partial charge on any atom is -0.355 e. The zero-order valence-corrected chi connectivity index (χ0v) is 11.7. The average molecular weight is 300 g/mol. The summed E-state index contributed by atoms with van der Waals surface area (Å²) in [5, 5.41) is 5.05. The Bertz CT molecular complexity index is 727. The predicted molar refractivity (Wildman–Crippen MR) is 79.6 cm³/mol. The molecule has 5 nitrogen and oxygen atoms in total. The van der Waals surface area contributed by atoms with Gasteiger partial charge in [-0.25, -0.2) is 4.39 Å². The molecule has 0 aliphatic heterocycles. The van der Waals surface area contributed by atoms with Gasteiger partial charge in [0.1, 0.15) is 12.1 Å². The number of rotatable bonds is 4. The molecular formula is C16H13FN2O3. The smallest absolute Gasteiger partial charge is 0.255 e. The topological polar surface area (TPSA) is 75.3 Å². The van der Waals surface area contributed by atoms with Gasteiger partial charge >= 0.3 is 0 Å². The van der Waals surface area contributed by atoms with Crippen molar-refractivity contribution in [2.45, 2.75) is 0 Å². The van der Waals surface area contributed by atoms with E-state index in [2.05, 4.69) is 10.6 Å². The lowest BCUT2D eigenvalue weighted by molar-refractivity contribution is 0.0962. The summed E-state index contributed by atoms with van der Waals surface area (Å²) in [4.78, 5) is 34.1. The van der Waals surface area contributed by atoms with Gasteiger partial charge in [0.05, 0.1) is 0 Å². The number of nitrogens with one attached hydrogen (secondary N) is 2. The molecule has 0 bridgehead atoms. The SMILES string of the molecule is CNC(=O)c1ccc(NC(=O)c2cc(F)cc(C=O)c2)cc1. The van der Waals surface area contributed by atoms with Gasteiger partial charge in [-0.05, 0) is 42.5 Å². The van der Waals surface area contributed by atoms with Gasteiger partial charge in [0.15, 0.2) is 0 Å². The van der Waals surface area contributed by atoms with E-state index in [9.17, 15) is 18.8 Å². The third-order valence-corrected chi connectivity index (χ3v) is 2.95. The Morgan fingerprint density at radius 1 is 1.00 bits per heavy atom. The van der Waals surface area contributed by atoms with E-state index >= 15 is 0 Å². The lowest BCUT2D eigenvalue weighted by atomic mass is 10.1. The Balaban J connectivity index is 2.16. The van der Waals surface area contributed by atoms with Crippen LogP contribution in [-0.4, -0.2) is 25.1 Å². The fourth-order valence-electron chi connectivity index (χ4n) is 1.86. The Hall–Kier alpha value is -3.02. The first-order chi connectivity index (χ1) is 10.5. The second-order valence-electron chi connectivity index (χ2n) is 4.50. The molecule has 6 heteroatoms. The summed E-state index contributed by atoms with van der Waals surface area (Å²) in [6, 6.07) is 9.60. The molecule has 22 heavy (non-hydrogen) atoms. The molecule has 2 rings (SSSR count). The van der Waals surface area contributed by atoms with Crippen LogP contribution in [0.3, 0.4) is 0 Å². The standard InChI is InChI=1S/C16H13FN2O3/c1-18-15(21)11-2-4-14(5-3-11)19-16(22)12-6-10(9-20)7-13(17)8-12/h2-9H,1H3,(H,18,21)(H,19,22). The number of benzene rings is 2. The molecule has 0 unspecified atom stereocenters. The van der Waals surface area contributed by atoms with E-state index in [1.807, 2.05) is 0 Å². The van der Waals surface area contributed by atoms with E-state index in [1.54, 1.807) is 24.3 Å². The maximum atomic E-state index is 13.3. The second kappa shape index (κ2) is 6.62. The van der Waals surface area contributed by atoms with E-state index in [1.165, 1.54) is 13.1 Å². The highest BCUT2D eigenvalue weighted by molar-refractivity contribution is 6.05. The summed E-state index contributed by atoms with van der Waals surface area (Å²) in [6.07, 6.45) is 0.470. The van der Waals surface area contributed by atoms with E-state index in [0.717, 1.165) is 12.1 Å². The van der Waals surface area contributed by atoms with Crippen LogP contribution in [0.1, 0.15) is 31.1 Å². The van der Waals surface area contributed by atoms with E-state index < -0.39 is 11.7 Å². The van der Waals surface area contributed by atoms with Crippen molar-refractivity contribution < 1.29 is 18.8 Å². The number of aldehydes is 1. The third kappa shape index (κ3) is 3.54. The van der Waals surface area contributed by atoms with Crippen molar-refractivity contribution in [3.8, 4) is 0 Å². The van der Waals surface area contributed by atoms with Crippen molar-refractivity contribution in [2.75, 3.05) is 12.4 Å². The molecule has 0 aliphatic rings. The third-order valence-electron chi connectivity index (χ3n) is 2.95. The zero-order valence-electron chi connectivity index (χ0n) is 11.7. The van der Waals surface area contributed by atoms with Crippen LogP contribution in [0.2, 0.25) is 0 Å². The van der Waals surface area contributed by atoms with Crippen LogP contribution in [-0.2, 0) is 0 Å². The molecule has 2 amide bonds. The van der Waals surface area contributed by atoms with E-state index in [4.69, 9.17) is 0 Å². The molecular weight excluding hydrogens is 287 g/mol. The van der Waals surface area contributed by atoms with Crippen molar-refractivity contribution in [3.63, 3.8) is 0 Å². The van der Waals surface area contributed by atoms with Gasteiger partial charge < -0.3 is 10.6 Å². The van der Waals surface area contributed by atoms with Crippen LogP contribution in [0.4, 0.5) is 10.1 Å². The van der Waals surface area contributed by atoms with Gasteiger partial charge in [-0.3, -0.25) is 14.4 Å². The number of anilines is 1. The number of carbonyl (C=O) groups excluding carboxylic acids is 3. The molecule has 0 saturated heterocycles. The largest absolute Gasteiger partial charge is 0.355 e. The zero-order chi connectivity index (χ0) is 16.1. The molecule has 0 spiro atoms. The monoisotopic (exact) mass is 300 g/mol. The second-order valence-corrected chi connectivity index (χ2v) is 4.50. The molecule has 0 heterocycles. The van der Waals surface area contributed by atoms with Crippen molar-refractivity contribution in [2.24, 2.45) is 0 Å². The summed E-state index contributed by atoms with van der Waals surface area (Å²) in [7, 11) is 1.52. The number of hydrogen-bond acceptors (Lipinski definition) is 3. The highest BCUT2D eigenvalue weighted by Gasteiger charge is 2.10. The summed E-state index contributed by atoms with van der Waals surface area (Å²) < 4.78 is 13.3. The quantitative estimate of drug-likeness (QED) is 0.850. The highest BCUT2D eigenvalue weighted by atomic mass is 19.1. The summed E-state index contributed by atoms with van der Waals surface area (Å²) in [5.41, 5.74) is 1.03. The van der Waals surface area contributed by atoms with Crippen molar-refractivity contribution in [1.82, 2.24) is 5.32 Å².